The predicted molar refractivity (Wildman–Crippen MR) is 90.8 cm³/mol. The molecule has 25 heavy (non-hydrogen) atoms. The SMILES string of the molecule is C[C@@H]1OC(=O)[C@@H](N)CCC[C@H](Oc2ccccc2)[C@H]1OC(=O)C1CC1. The Hall–Kier alpha value is -2.08. The van der Waals surface area contributed by atoms with Crippen molar-refractivity contribution in [3.63, 3.8) is 0 Å². The van der Waals surface area contributed by atoms with Gasteiger partial charge in [0.15, 0.2) is 6.10 Å². The topological polar surface area (TPSA) is 87.8 Å². The van der Waals surface area contributed by atoms with Crippen LogP contribution in [-0.2, 0) is 19.1 Å². The lowest BCUT2D eigenvalue weighted by Crippen LogP contribution is -2.45. The van der Waals surface area contributed by atoms with E-state index in [0.717, 1.165) is 12.8 Å². The van der Waals surface area contributed by atoms with Gasteiger partial charge < -0.3 is 19.9 Å². The van der Waals surface area contributed by atoms with Gasteiger partial charge >= 0.3 is 11.9 Å². The first-order valence-electron chi connectivity index (χ1n) is 8.93. The summed E-state index contributed by atoms with van der Waals surface area (Å²) in [5, 5.41) is 0. The maximum atomic E-state index is 12.2. The van der Waals surface area contributed by atoms with Crippen LogP contribution in [-0.4, -0.2) is 36.3 Å². The fourth-order valence-electron chi connectivity index (χ4n) is 2.98. The van der Waals surface area contributed by atoms with Gasteiger partial charge in [0, 0.05) is 0 Å². The number of para-hydroxylation sites is 1. The zero-order valence-corrected chi connectivity index (χ0v) is 14.4. The van der Waals surface area contributed by atoms with Crippen molar-refractivity contribution < 1.29 is 23.8 Å². The Kier molecular flexibility index (Phi) is 5.58. The van der Waals surface area contributed by atoms with Gasteiger partial charge in [-0.2, -0.15) is 0 Å². The number of carbonyl (C=O) groups excluding carboxylic acids is 2. The average Bonchev–Trinajstić information content (AvgIpc) is 3.43. The van der Waals surface area contributed by atoms with E-state index in [1.165, 1.54) is 0 Å². The summed E-state index contributed by atoms with van der Waals surface area (Å²) in [7, 11) is 0. The summed E-state index contributed by atoms with van der Waals surface area (Å²) in [6.45, 7) is 1.72. The number of cyclic esters (lactones) is 1. The van der Waals surface area contributed by atoms with E-state index in [1.54, 1.807) is 6.92 Å². The Morgan fingerprint density at radius 2 is 1.88 bits per heavy atom. The van der Waals surface area contributed by atoms with E-state index in [1.807, 2.05) is 30.3 Å². The molecule has 0 amide bonds. The second kappa shape index (κ2) is 7.87. The molecule has 0 radical (unpaired) electrons. The summed E-state index contributed by atoms with van der Waals surface area (Å²) in [4.78, 5) is 24.2. The van der Waals surface area contributed by atoms with Crippen molar-refractivity contribution in [2.75, 3.05) is 0 Å². The molecule has 1 aliphatic heterocycles. The molecule has 1 aromatic rings. The Balaban J connectivity index is 1.79. The molecule has 6 nitrogen and oxygen atoms in total. The van der Waals surface area contributed by atoms with Crippen LogP contribution in [0.2, 0.25) is 0 Å². The van der Waals surface area contributed by atoms with Gasteiger partial charge in [-0.15, -0.1) is 0 Å². The minimum Gasteiger partial charge on any atom is -0.486 e. The van der Waals surface area contributed by atoms with E-state index in [-0.39, 0.29) is 11.9 Å². The van der Waals surface area contributed by atoms with Crippen molar-refractivity contribution in [1.29, 1.82) is 0 Å². The zero-order chi connectivity index (χ0) is 17.8. The van der Waals surface area contributed by atoms with Crippen LogP contribution in [0.3, 0.4) is 0 Å². The third-order valence-electron chi connectivity index (χ3n) is 4.63. The molecule has 1 aliphatic carbocycles. The fraction of sp³-hybridized carbons (Fsp3) is 0.579. The average molecular weight is 347 g/mol. The normalized spacial score (nSPS) is 30.4. The minimum absolute atomic E-state index is 0.0323. The maximum absolute atomic E-state index is 12.2. The second-order valence-electron chi connectivity index (χ2n) is 6.82. The summed E-state index contributed by atoms with van der Waals surface area (Å²) in [5.74, 6) is -0.0318. The lowest BCUT2D eigenvalue weighted by Gasteiger charge is -2.31. The smallest absolute Gasteiger partial charge is 0.323 e. The van der Waals surface area contributed by atoms with E-state index in [0.29, 0.717) is 25.0 Å². The third kappa shape index (κ3) is 4.72. The lowest BCUT2D eigenvalue weighted by molar-refractivity contribution is -0.175. The van der Waals surface area contributed by atoms with Gasteiger partial charge in [0.2, 0.25) is 0 Å². The molecule has 3 rings (SSSR count). The molecular formula is C19H25NO5. The number of benzene rings is 1. The fourth-order valence-corrected chi connectivity index (χ4v) is 2.98. The summed E-state index contributed by atoms with van der Waals surface area (Å²) in [6.07, 6.45) is 1.89. The number of hydrogen-bond acceptors (Lipinski definition) is 6. The molecule has 2 fully saturated rings. The van der Waals surface area contributed by atoms with E-state index in [2.05, 4.69) is 0 Å². The Labute approximate surface area is 147 Å². The molecule has 0 unspecified atom stereocenters. The van der Waals surface area contributed by atoms with Gasteiger partial charge in [-0.1, -0.05) is 18.2 Å². The largest absolute Gasteiger partial charge is 0.486 e. The Bertz CT molecular complexity index is 601. The van der Waals surface area contributed by atoms with Crippen molar-refractivity contribution in [1.82, 2.24) is 0 Å². The highest BCUT2D eigenvalue weighted by Gasteiger charge is 2.40. The van der Waals surface area contributed by atoms with Crippen LogP contribution in [0, 0.1) is 5.92 Å². The van der Waals surface area contributed by atoms with Gasteiger partial charge in [-0.05, 0) is 51.2 Å². The molecule has 6 heteroatoms. The summed E-state index contributed by atoms with van der Waals surface area (Å²) in [6, 6.07) is 8.73. The standard InChI is InChI=1S/C19H25NO5/c1-12-17(25-18(21)13-10-11-13)16(24-14-6-3-2-4-7-14)9-5-8-15(20)19(22)23-12/h2-4,6-7,12-13,15-17H,5,8-11,20H2,1H3/t12-,15-,16-,17-/m0/s1. The Morgan fingerprint density at radius 3 is 2.56 bits per heavy atom. The van der Waals surface area contributed by atoms with Crippen molar-refractivity contribution in [2.45, 2.75) is 63.4 Å². The monoisotopic (exact) mass is 347 g/mol. The molecular weight excluding hydrogens is 322 g/mol. The van der Waals surface area contributed by atoms with Crippen LogP contribution in [0.4, 0.5) is 0 Å². The first-order valence-corrected chi connectivity index (χ1v) is 8.93. The van der Waals surface area contributed by atoms with Crippen LogP contribution in [0.5, 0.6) is 5.75 Å². The molecule has 1 heterocycles. The second-order valence-corrected chi connectivity index (χ2v) is 6.82. The van der Waals surface area contributed by atoms with Crippen LogP contribution < -0.4 is 10.5 Å². The summed E-state index contributed by atoms with van der Waals surface area (Å²) in [5.41, 5.74) is 5.86. The Morgan fingerprint density at radius 1 is 1.16 bits per heavy atom. The molecule has 0 spiro atoms. The lowest BCUT2D eigenvalue weighted by atomic mass is 10.0. The highest BCUT2D eigenvalue weighted by molar-refractivity contribution is 5.76. The number of hydrogen-bond donors (Lipinski definition) is 1. The highest BCUT2D eigenvalue weighted by atomic mass is 16.6. The third-order valence-corrected chi connectivity index (χ3v) is 4.63. The summed E-state index contributed by atoms with van der Waals surface area (Å²) >= 11 is 0. The molecule has 0 aromatic heterocycles. The quantitative estimate of drug-likeness (QED) is 0.840. The van der Waals surface area contributed by atoms with E-state index in [9.17, 15) is 9.59 Å². The van der Waals surface area contributed by atoms with Crippen LogP contribution >= 0.6 is 0 Å². The number of esters is 2. The first kappa shape index (κ1) is 17.7. The molecule has 0 bridgehead atoms. The van der Waals surface area contributed by atoms with Gasteiger partial charge in [-0.25, -0.2) is 0 Å². The van der Waals surface area contributed by atoms with E-state index in [4.69, 9.17) is 19.9 Å². The molecule has 2 N–H and O–H groups in total. The zero-order valence-electron chi connectivity index (χ0n) is 14.4. The number of rotatable bonds is 4. The summed E-state index contributed by atoms with van der Waals surface area (Å²) < 4.78 is 17.2. The van der Waals surface area contributed by atoms with Crippen molar-refractivity contribution >= 4 is 11.9 Å². The molecule has 1 saturated heterocycles. The number of carbonyl (C=O) groups is 2. The first-order chi connectivity index (χ1) is 12.0. The molecule has 136 valence electrons. The molecule has 2 aliphatic rings. The maximum Gasteiger partial charge on any atom is 0.323 e. The number of ether oxygens (including phenoxy) is 3. The van der Waals surface area contributed by atoms with Gasteiger partial charge in [-0.3, -0.25) is 9.59 Å². The van der Waals surface area contributed by atoms with Crippen molar-refractivity contribution in [3.8, 4) is 5.75 Å². The van der Waals surface area contributed by atoms with Crippen LogP contribution in [0.1, 0.15) is 39.0 Å². The predicted octanol–water partition coefficient (Wildman–Crippen LogP) is 2.20. The van der Waals surface area contributed by atoms with Gasteiger partial charge in [0.25, 0.3) is 0 Å². The van der Waals surface area contributed by atoms with Crippen molar-refractivity contribution in [2.24, 2.45) is 11.7 Å². The van der Waals surface area contributed by atoms with Gasteiger partial charge in [0.05, 0.1) is 5.92 Å². The molecule has 1 aromatic carbocycles. The highest BCUT2D eigenvalue weighted by Crippen LogP contribution is 2.32. The van der Waals surface area contributed by atoms with Crippen LogP contribution in [0.15, 0.2) is 30.3 Å². The molecule has 1 saturated carbocycles. The van der Waals surface area contributed by atoms with E-state index < -0.39 is 30.3 Å². The van der Waals surface area contributed by atoms with Gasteiger partial charge in [0.1, 0.15) is 24.0 Å². The van der Waals surface area contributed by atoms with Crippen molar-refractivity contribution in [3.05, 3.63) is 30.3 Å². The van der Waals surface area contributed by atoms with E-state index >= 15 is 0 Å². The minimum atomic E-state index is -0.655. The molecule has 4 atom stereocenters. The number of nitrogens with two attached hydrogens (primary N) is 1. The van der Waals surface area contributed by atoms with Crippen LogP contribution in [0.25, 0.3) is 0 Å².